The lowest BCUT2D eigenvalue weighted by Crippen LogP contribution is -1.97. The Kier molecular flexibility index (Phi) is 3.27. The summed E-state index contributed by atoms with van der Waals surface area (Å²) in [5.41, 5.74) is 3.30. The van der Waals surface area contributed by atoms with Gasteiger partial charge in [0, 0.05) is 21.7 Å². The molecule has 0 bridgehead atoms. The average molecular weight is 277 g/mol. The van der Waals surface area contributed by atoms with Gasteiger partial charge in [0.2, 0.25) is 0 Å². The van der Waals surface area contributed by atoms with Crippen LogP contribution >= 0.6 is 23.4 Å². The largest absolute Gasteiger partial charge is 0.233 e. The molecular formula is C14H13ClN2S. The van der Waals surface area contributed by atoms with Crippen LogP contribution < -0.4 is 0 Å². The van der Waals surface area contributed by atoms with E-state index in [-0.39, 0.29) is 0 Å². The summed E-state index contributed by atoms with van der Waals surface area (Å²) in [6.07, 6.45) is 5.24. The van der Waals surface area contributed by atoms with Crippen molar-refractivity contribution < 1.29 is 0 Å². The van der Waals surface area contributed by atoms with Gasteiger partial charge in [-0.25, -0.2) is 9.97 Å². The predicted octanol–water partition coefficient (Wildman–Crippen LogP) is 4.01. The van der Waals surface area contributed by atoms with Gasteiger partial charge in [-0.2, -0.15) is 0 Å². The molecular weight excluding hydrogens is 264 g/mol. The fourth-order valence-corrected chi connectivity index (χ4v) is 2.95. The fraction of sp³-hybridized carbons (Fsp3) is 0.286. The van der Waals surface area contributed by atoms with Gasteiger partial charge in [0.1, 0.15) is 5.15 Å². The first kappa shape index (κ1) is 12.0. The van der Waals surface area contributed by atoms with Crippen molar-refractivity contribution in [2.45, 2.75) is 24.2 Å². The zero-order chi connectivity index (χ0) is 12.5. The first-order valence-corrected chi connectivity index (χ1v) is 7.58. The molecule has 1 aromatic heterocycles. The van der Waals surface area contributed by atoms with Crippen LogP contribution in [0.3, 0.4) is 0 Å². The van der Waals surface area contributed by atoms with E-state index < -0.39 is 0 Å². The van der Waals surface area contributed by atoms with E-state index in [9.17, 15) is 0 Å². The third kappa shape index (κ3) is 2.13. The molecule has 0 spiro atoms. The van der Waals surface area contributed by atoms with Gasteiger partial charge in [0.15, 0.2) is 5.82 Å². The zero-order valence-corrected chi connectivity index (χ0v) is 11.7. The van der Waals surface area contributed by atoms with Crippen LogP contribution in [0.15, 0.2) is 29.2 Å². The maximum atomic E-state index is 6.23. The van der Waals surface area contributed by atoms with Gasteiger partial charge in [0.05, 0.1) is 0 Å². The van der Waals surface area contributed by atoms with E-state index >= 15 is 0 Å². The van der Waals surface area contributed by atoms with Gasteiger partial charge in [-0.15, -0.1) is 11.8 Å². The maximum absolute atomic E-state index is 6.23. The van der Waals surface area contributed by atoms with Gasteiger partial charge in [-0.3, -0.25) is 0 Å². The van der Waals surface area contributed by atoms with Crippen molar-refractivity contribution in [1.29, 1.82) is 0 Å². The van der Waals surface area contributed by atoms with Crippen molar-refractivity contribution in [3.05, 3.63) is 40.7 Å². The van der Waals surface area contributed by atoms with E-state index in [4.69, 9.17) is 11.6 Å². The molecule has 0 N–H and O–H groups in total. The predicted molar refractivity (Wildman–Crippen MR) is 76.3 cm³/mol. The molecule has 0 fully saturated rings. The van der Waals surface area contributed by atoms with Crippen molar-refractivity contribution in [3.8, 4) is 11.4 Å². The Hall–Kier alpha value is -1.06. The van der Waals surface area contributed by atoms with Crippen LogP contribution in [-0.4, -0.2) is 16.2 Å². The van der Waals surface area contributed by atoms with Gasteiger partial charge in [-0.1, -0.05) is 23.7 Å². The molecule has 1 aliphatic rings. The van der Waals surface area contributed by atoms with Crippen LogP contribution in [0.4, 0.5) is 0 Å². The van der Waals surface area contributed by atoms with E-state index in [1.54, 1.807) is 11.8 Å². The van der Waals surface area contributed by atoms with Crippen molar-refractivity contribution in [2.75, 3.05) is 6.26 Å². The molecule has 1 heterocycles. The summed E-state index contributed by atoms with van der Waals surface area (Å²) in [6.45, 7) is 0. The van der Waals surface area contributed by atoms with E-state index in [1.807, 2.05) is 0 Å². The standard InChI is InChI=1S/C14H13ClN2S/c1-18-10-7-5-9(6-8-10)14-16-12-4-2-3-11(12)13(15)17-14/h5-8H,2-4H2,1H3. The van der Waals surface area contributed by atoms with E-state index in [2.05, 4.69) is 40.5 Å². The Labute approximate surface area is 116 Å². The monoisotopic (exact) mass is 276 g/mol. The van der Waals surface area contributed by atoms with Crippen LogP contribution in [-0.2, 0) is 12.8 Å². The molecule has 18 heavy (non-hydrogen) atoms. The Bertz CT molecular complexity index is 581. The van der Waals surface area contributed by atoms with Crippen LogP contribution in [0.5, 0.6) is 0 Å². The van der Waals surface area contributed by atoms with Gasteiger partial charge in [-0.05, 0) is 37.7 Å². The van der Waals surface area contributed by atoms with Gasteiger partial charge in [0.25, 0.3) is 0 Å². The second-order valence-electron chi connectivity index (χ2n) is 4.35. The molecule has 0 radical (unpaired) electrons. The second kappa shape index (κ2) is 4.90. The molecule has 0 saturated carbocycles. The Morgan fingerprint density at radius 3 is 2.61 bits per heavy atom. The van der Waals surface area contributed by atoms with Crippen LogP contribution in [0.1, 0.15) is 17.7 Å². The average Bonchev–Trinajstić information content (AvgIpc) is 2.88. The highest BCUT2D eigenvalue weighted by atomic mass is 35.5. The molecule has 2 nitrogen and oxygen atoms in total. The van der Waals surface area contributed by atoms with Crippen molar-refractivity contribution >= 4 is 23.4 Å². The summed E-state index contributed by atoms with van der Waals surface area (Å²) in [4.78, 5) is 10.3. The number of thioether (sulfide) groups is 1. The summed E-state index contributed by atoms with van der Waals surface area (Å²) in [5, 5.41) is 0.626. The summed E-state index contributed by atoms with van der Waals surface area (Å²) >= 11 is 7.96. The lowest BCUT2D eigenvalue weighted by Gasteiger charge is -2.06. The number of aromatic nitrogens is 2. The molecule has 0 unspecified atom stereocenters. The molecule has 0 saturated heterocycles. The molecule has 1 aromatic carbocycles. The first-order valence-electron chi connectivity index (χ1n) is 5.97. The number of aryl methyl sites for hydroxylation is 1. The highest BCUT2D eigenvalue weighted by Gasteiger charge is 2.18. The number of hydrogen-bond acceptors (Lipinski definition) is 3. The molecule has 3 rings (SSSR count). The van der Waals surface area contributed by atoms with Crippen LogP contribution in [0, 0.1) is 0 Å². The molecule has 0 amide bonds. The number of nitrogens with zero attached hydrogens (tertiary/aromatic N) is 2. The topological polar surface area (TPSA) is 25.8 Å². The molecule has 0 aliphatic heterocycles. The smallest absolute Gasteiger partial charge is 0.161 e. The van der Waals surface area contributed by atoms with Crippen molar-refractivity contribution in [2.24, 2.45) is 0 Å². The Morgan fingerprint density at radius 1 is 1.11 bits per heavy atom. The molecule has 92 valence electrons. The summed E-state index contributed by atoms with van der Waals surface area (Å²) in [6, 6.07) is 8.28. The highest BCUT2D eigenvalue weighted by Crippen LogP contribution is 2.29. The third-order valence-electron chi connectivity index (χ3n) is 3.23. The Balaban J connectivity index is 2.03. The molecule has 2 aromatic rings. The quantitative estimate of drug-likeness (QED) is 0.612. The highest BCUT2D eigenvalue weighted by molar-refractivity contribution is 7.98. The minimum Gasteiger partial charge on any atom is -0.233 e. The Morgan fingerprint density at radius 2 is 1.89 bits per heavy atom. The number of benzene rings is 1. The number of halogens is 1. The minimum atomic E-state index is 0.626. The van der Waals surface area contributed by atoms with Gasteiger partial charge >= 0.3 is 0 Å². The summed E-state index contributed by atoms with van der Waals surface area (Å²) < 4.78 is 0. The first-order chi connectivity index (χ1) is 8.78. The minimum absolute atomic E-state index is 0.626. The summed E-state index contributed by atoms with van der Waals surface area (Å²) in [7, 11) is 0. The fourth-order valence-electron chi connectivity index (χ4n) is 2.26. The lowest BCUT2D eigenvalue weighted by molar-refractivity contribution is 0.900. The number of hydrogen-bond donors (Lipinski definition) is 0. The lowest BCUT2D eigenvalue weighted by atomic mass is 10.2. The van der Waals surface area contributed by atoms with Crippen molar-refractivity contribution in [3.63, 3.8) is 0 Å². The number of rotatable bonds is 2. The second-order valence-corrected chi connectivity index (χ2v) is 5.58. The maximum Gasteiger partial charge on any atom is 0.161 e. The molecule has 4 heteroatoms. The van der Waals surface area contributed by atoms with Crippen LogP contribution in [0.2, 0.25) is 5.15 Å². The molecule has 1 aliphatic carbocycles. The van der Waals surface area contributed by atoms with Crippen LogP contribution in [0.25, 0.3) is 11.4 Å². The SMILES string of the molecule is CSc1ccc(-c2nc(Cl)c3c(n2)CCC3)cc1. The van der Waals surface area contributed by atoms with E-state index in [1.165, 1.54) is 4.90 Å². The van der Waals surface area contributed by atoms with E-state index in [0.717, 1.165) is 41.9 Å². The van der Waals surface area contributed by atoms with Crippen molar-refractivity contribution in [1.82, 2.24) is 9.97 Å². The number of fused-ring (bicyclic) bond motifs is 1. The van der Waals surface area contributed by atoms with E-state index in [0.29, 0.717) is 5.15 Å². The summed E-state index contributed by atoms with van der Waals surface area (Å²) in [5.74, 6) is 0.744. The normalized spacial score (nSPS) is 13.7. The zero-order valence-electron chi connectivity index (χ0n) is 10.1. The third-order valence-corrected chi connectivity index (χ3v) is 4.29. The molecule has 0 atom stereocenters. The van der Waals surface area contributed by atoms with Gasteiger partial charge < -0.3 is 0 Å².